The summed E-state index contributed by atoms with van der Waals surface area (Å²) in [6.45, 7) is 13.9. The molecular weight excluding hydrogens is 322 g/mol. The van der Waals surface area contributed by atoms with Gasteiger partial charge in [-0.2, -0.15) is 0 Å². The third-order valence-corrected chi connectivity index (χ3v) is 6.30. The van der Waals surface area contributed by atoms with Gasteiger partial charge in [0.2, 0.25) is 0 Å². The molecule has 0 amide bonds. The van der Waals surface area contributed by atoms with Crippen molar-refractivity contribution < 1.29 is 5.11 Å². The fraction of sp³-hybridized carbons (Fsp3) is 0.727. The van der Waals surface area contributed by atoms with Crippen LogP contribution in [0.4, 0.5) is 0 Å². The Labute approximate surface area is 159 Å². The molecular formula is C22H37N3O. The van der Waals surface area contributed by atoms with Gasteiger partial charge in [-0.1, -0.05) is 29.8 Å². The van der Waals surface area contributed by atoms with E-state index in [9.17, 15) is 5.11 Å². The molecule has 0 radical (unpaired) electrons. The van der Waals surface area contributed by atoms with Crippen LogP contribution in [0.25, 0.3) is 0 Å². The number of aryl methyl sites for hydroxylation is 1. The van der Waals surface area contributed by atoms with Gasteiger partial charge in [-0.05, 0) is 58.7 Å². The number of rotatable bonds is 6. The zero-order chi connectivity index (χ0) is 18.5. The Hall–Kier alpha value is -0.940. The smallest absolute Gasteiger partial charge is 0.0446 e. The summed E-state index contributed by atoms with van der Waals surface area (Å²) in [6.07, 6.45) is 3.45. The van der Waals surface area contributed by atoms with E-state index < -0.39 is 0 Å². The van der Waals surface area contributed by atoms with Crippen LogP contribution >= 0.6 is 0 Å². The Balaban J connectivity index is 1.57. The minimum atomic E-state index is 0.296. The fourth-order valence-corrected chi connectivity index (χ4v) is 4.65. The standard InChI is InChI=1S/C22H37N3O/c1-18(2)24-11-8-21(9-12-24)25-14-13-23(17-22(25)10-15-26)16-20-6-4-19(3)5-7-20/h4-7,18,21-22,26H,8-17H2,1-3H3/t22-/m1/s1. The van der Waals surface area contributed by atoms with Crippen molar-refractivity contribution in [3.8, 4) is 0 Å². The lowest BCUT2D eigenvalue weighted by molar-refractivity contribution is -0.0000300. The molecule has 1 aromatic carbocycles. The van der Waals surface area contributed by atoms with Gasteiger partial charge in [0.15, 0.2) is 0 Å². The SMILES string of the molecule is Cc1ccc(CN2CCN(C3CCN(C(C)C)CC3)[C@H](CCO)C2)cc1. The molecule has 2 fully saturated rings. The molecule has 4 nitrogen and oxygen atoms in total. The molecule has 1 aromatic rings. The van der Waals surface area contributed by atoms with Gasteiger partial charge in [-0.25, -0.2) is 0 Å². The molecule has 0 bridgehead atoms. The van der Waals surface area contributed by atoms with Gasteiger partial charge < -0.3 is 10.0 Å². The van der Waals surface area contributed by atoms with E-state index in [1.165, 1.54) is 37.1 Å². The first kappa shape index (κ1) is 19.8. The first-order valence-corrected chi connectivity index (χ1v) is 10.5. The summed E-state index contributed by atoms with van der Waals surface area (Å²) in [7, 11) is 0. The fourth-order valence-electron chi connectivity index (χ4n) is 4.65. The second kappa shape index (κ2) is 9.32. The number of aliphatic hydroxyl groups excluding tert-OH is 1. The second-order valence-electron chi connectivity index (χ2n) is 8.49. The number of likely N-dealkylation sites (tertiary alicyclic amines) is 1. The van der Waals surface area contributed by atoms with Gasteiger partial charge >= 0.3 is 0 Å². The molecule has 26 heavy (non-hydrogen) atoms. The van der Waals surface area contributed by atoms with Crippen LogP contribution in [0.5, 0.6) is 0 Å². The van der Waals surface area contributed by atoms with Gasteiger partial charge in [0.1, 0.15) is 0 Å². The predicted molar refractivity (Wildman–Crippen MR) is 108 cm³/mol. The zero-order valence-corrected chi connectivity index (χ0v) is 16.9. The van der Waals surface area contributed by atoms with Crippen molar-refractivity contribution in [3.05, 3.63) is 35.4 Å². The Morgan fingerprint density at radius 1 is 1.04 bits per heavy atom. The molecule has 1 atom stereocenters. The van der Waals surface area contributed by atoms with Crippen LogP contribution in [0.1, 0.15) is 44.2 Å². The summed E-state index contributed by atoms with van der Waals surface area (Å²) >= 11 is 0. The molecule has 2 aliphatic heterocycles. The number of nitrogens with zero attached hydrogens (tertiary/aromatic N) is 3. The van der Waals surface area contributed by atoms with Crippen LogP contribution in [-0.2, 0) is 6.54 Å². The third-order valence-electron chi connectivity index (χ3n) is 6.30. The van der Waals surface area contributed by atoms with E-state index >= 15 is 0 Å². The molecule has 0 unspecified atom stereocenters. The summed E-state index contributed by atoms with van der Waals surface area (Å²) in [5, 5.41) is 9.60. The Bertz CT molecular complexity index is 537. The number of benzene rings is 1. The van der Waals surface area contributed by atoms with E-state index in [1.807, 2.05) is 0 Å². The van der Waals surface area contributed by atoms with E-state index in [4.69, 9.17) is 0 Å². The van der Waals surface area contributed by atoms with E-state index in [-0.39, 0.29) is 0 Å². The number of hydrogen-bond acceptors (Lipinski definition) is 4. The number of piperidine rings is 1. The molecule has 146 valence electrons. The maximum Gasteiger partial charge on any atom is 0.0446 e. The molecule has 0 saturated carbocycles. The molecule has 2 aliphatic rings. The molecule has 2 saturated heterocycles. The normalized spacial score (nSPS) is 24.4. The maximum absolute atomic E-state index is 9.60. The van der Waals surface area contributed by atoms with Crippen LogP contribution in [0.2, 0.25) is 0 Å². The van der Waals surface area contributed by atoms with E-state index in [0.29, 0.717) is 24.7 Å². The molecule has 3 rings (SSSR count). The van der Waals surface area contributed by atoms with Crippen molar-refractivity contribution in [1.29, 1.82) is 0 Å². The largest absolute Gasteiger partial charge is 0.396 e. The average Bonchev–Trinajstić information content (AvgIpc) is 2.64. The molecule has 4 heteroatoms. The summed E-state index contributed by atoms with van der Waals surface area (Å²) in [5.74, 6) is 0. The van der Waals surface area contributed by atoms with Crippen molar-refractivity contribution in [2.24, 2.45) is 0 Å². The van der Waals surface area contributed by atoms with Crippen LogP contribution in [0.3, 0.4) is 0 Å². The molecule has 2 heterocycles. The quantitative estimate of drug-likeness (QED) is 0.846. The maximum atomic E-state index is 9.60. The van der Waals surface area contributed by atoms with Crippen molar-refractivity contribution >= 4 is 0 Å². The summed E-state index contributed by atoms with van der Waals surface area (Å²) < 4.78 is 0. The second-order valence-corrected chi connectivity index (χ2v) is 8.49. The minimum absolute atomic E-state index is 0.296. The molecule has 0 aromatic heterocycles. The van der Waals surface area contributed by atoms with Crippen LogP contribution in [0, 0.1) is 6.92 Å². The lowest BCUT2D eigenvalue weighted by Crippen LogP contribution is -2.58. The molecule has 1 N–H and O–H groups in total. The van der Waals surface area contributed by atoms with Crippen molar-refractivity contribution in [2.45, 2.75) is 64.7 Å². The minimum Gasteiger partial charge on any atom is -0.396 e. The zero-order valence-electron chi connectivity index (χ0n) is 16.9. The highest BCUT2D eigenvalue weighted by atomic mass is 16.3. The lowest BCUT2D eigenvalue weighted by atomic mass is 9.97. The van der Waals surface area contributed by atoms with Crippen LogP contribution in [-0.4, -0.2) is 77.3 Å². The van der Waals surface area contributed by atoms with Crippen LogP contribution < -0.4 is 0 Å². The molecule has 0 aliphatic carbocycles. The van der Waals surface area contributed by atoms with E-state index in [1.54, 1.807) is 0 Å². The third kappa shape index (κ3) is 5.07. The highest BCUT2D eigenvalue weighted by molar-refractivity contribution is 5.21. The Morgan fingerprint density at radius 3 is 2.35 bits per heavy atom. The average molecular weight is 360 g/mol. The Morgan fingerprint density at radius 2 is 1.73 bits per heavy atom. The summed E-state index contributed by atoms with van der Waals surface area (Å²) in [6, 6.07) is 10.8. The highest BCUT2D eigenvalue weighted by Crippen LogP contribution is 2.25. The van der Waals surface area contributed by atoms with Gasteiger partial charge in [0.25, 0.3) is 0 Å². The first-order chi connectivity index (χ1) is 12.6. The van der Waals surface area contributed by atoms with E-state index in [2.05, 4.69) is 59.7 Å². The summed E-state index contributed by atoms with van der Waals surface area (Å²) in [4.78, 5) is 7.90. The topological polar surface area (TPSA) is 30.0 Å². The van der Waals surface area contributed by atoms with Crippen molar-refractivity contribution in [3.63, 3.8) is 0 Å². The van der Waals surface area contributed by atoms with Gasteiger partial charge in [-0.3, -0.25) is 9.80 Å². The number of hydrogen-bond donors (Lipinski definition) is 1. The van der Waals surface area contributed by atoms with Gasteiger partial charge in [0.05, 0.1) is 0 Å². The van der Waals surface area contributed by atoms with Crippen LogP contribution in [0.15, 0.2) is 24.3 Å². The van der Waals surface area contributed by atoms with E-state index in [0.717, 1.165) is 32.6 Å². The predicted octanol–water partition coefficient (Wildman–Crippen LogP) is 2.74. The Kier molecular flexibility index (Phi) is 7.10. The number of piperazine rings is 1. The molecule has 0 spiro atoms. The van der Waals surface area contributed by atoms with Crippen molar-refractivity contribution in [1.82, 2.24) is 14.7 Å². The van der Waals surface area contributed by atoms with Crippen molar-refractivity contribution in [2.75, 3.05) is 39.3 Å². The number of aliphatic hydroxyl groups is 1. The summed E-state index contributed by atoms with van der Waals surface area (Å²) in [5.41, 5.74) is 2.72. The highest BCUT2D eigenvalue weighted by Gasteiger charge is 2.33. The first-order valence-electron chi connectivity index (χ1n) is 10.5. The lowest BCUT2D eigenvalue weighted by Gasteiger charge is -2.48. The van der Waals surface area contributed by atoms with Gasteiger partial charge in [-0.15, -0.1) is 0 Å². The monoisotopic (exact) mass is 359 g/mol. The van der Waals surface area contributed by atoms with Gasteiger partial charge in [0, 0.05) is 50.9 Å².